The average Bonchev–Trinajstić information content (AvgIpc) is 2.58. The third kappa shape index (κ3) is 3.34. The van der Waals surface area contributed by atoms with Crippen LogP contribution in [0.2, 0.25) is 0 Å². The molecule has 0 unspecified atom stereocenters. The van der Waals surface area contributed by atoms with Crippen LogP contribution in [0.15, 0.2) is 23.0 Å². The van der Waals surface area contributed by atoms with E-state index in [2.05, 4.69) is 5.10 Å². The number of aromatic nitrogens is 2. The van der Waals surface area contributed by atoms with E-state index < -0.39 is 23.3 Å². The number of nitrogens with zero attached hydrogens (tertiary/aromatic N) is 3. The van der Waals surface area contributed by atoms with Gasteiger partial charge in [-0.15, -0.1) is 0 Å². The van der Waals surface area contributed by atoms with Gasteiger partial charge in [-0.25, -0.2) is 13.5 Å². The molecule has 24 heavy (non-hydrogen) atoms. The summed E-state index contributed by atoms with van der Waals surface area (Å²) in [6.45, 7) is 3.43. The minimum Gasteiger partial charge on any atom is -0.386 e. The first kappa shape index (κ1) is 17.8. The fourth-order valence-electron chi connectivity index (χ4n) is 2.55. The first-order chi connectivity index (χ1) is 11.4. The van der Waals surface area contributed by atoms with E-state index >= 15 is 0 Å². The smallest absolute Gasteiger partial charge is 0.285 e. The van der Waals surface area contributed by atoms with Crippen LogP contribution in [0.1, 0.15) is 42.3 Å². The SMILES string of the molecule is CCc1nn(C[C@@H](O)c2ccc(F)c(F)c2)c(=O)c(C#N)c1CC. The molecule has 1 atom stereocenters. The highest BCUT2D eigenvalue weighted by Gasteiger charge is 2.18. The Balaban J connectivity index is 2.44. The molecule has 0 aliphatic heterocycles. The van der Waals surface area contributed by atoms with Crippen LogP contribution in [0.4, 0.5) is 8.78 Å². The molecule has 0 bridgehead atoms. The van der Waals surface area contributed by atoms with Gasteiger partial charge in [-0.1, -0.05) is 19.9 Å². The summed E-state index contributed by atoms with van der Waals surface area (Å²) in [5, 5.41) is 23.6. The Morgan fingerprint density at radius 1 is 1.29 bits per heavy atom. The lowest BCUT2D eigenvalue weighted by Crippen LogP contribution is -2.30. The molecule has 0 saturated heterocycles. The van der Waals surface area contributed by atoms with Crippen molar-refractivity contribution in [2.75, 3.05) is 0 Å². The van der Waals surface area contributed by atoms with Crippen molar-refractivity contribution in [3.63, 3.8) is 0 Å². The standard InChI is InChI=1S/C17H17F2N3O2/c1-3-11-12(8-20)17(24)22(21-15(11)4-2)9-16(23)10-5-6-13(18)14(19)7-10/h5-7,16,23H,3-4,9H2,1-2H3/t16-/m1/s1. The zero-order valence-corrected chi connectivity index (χ0v) is 13.4. The van der Waals surface area contributed by atoms with Gasteiger partial charge in [0.1, 0.15) is 11.6 Å². The van der Waals surface area contributed by atoms with Crippen LogP contribution in [0.5, 0.6) is 0 Å². The summed E-state index contributed by atoms with van der Waals surface area (Å²) in [7, 11) is 0. The van der Waals surface area contributed by atoms with Gasteiger partial charge in [0.05, 0.1) is 18.3 Å². The van der Waals surface area contributed by atoms with E-state index in [-0.39, 0.29) is 17.7 Å². The Hall–Kier alpha value is -2.59. The van der Waals surface area contributed by atoms with Crippen molar-refractivity contribution < 1.29 is 13.9 Å². The molecule has 1 aromatic heterocycles. The molecule has 0 fully saturated rings. The van der Waals surface area contributed by atoms with Gasteiger partial charge in [-0.3, -0.25) is 4.79 Å². The Kier molecular flexibility index (Phi) is 5.42. The number of aliphatic hydroxyl groups excluding tert-OH is 1. The number of nitriles is 1. The van der Waals surface area contributed by atoms with E-state index in [0.29, 0.717) is 24.1 Å². The highest BCUT2D eigenvalue weighted by atomic mass is 19.2. The van der Waals surface area contributed by atoms with E-state index in [1.54, 1.807) is 0 Å². The number of hydrogen-bond donors (Lipinski definition) is 1. The normalized spacial score (nSPS) is 12.0. The van der Waals surface area contributed by atoms with Crippen LogP contribution in [-0.4, -0.2) is 14.9 Å². The van der Waals surface area contributed by atoms with Crippen molar-refractivity contribution in [1.29, 1.82) is 5.26 Å². The monoisotopic (exact) mass is 333 g/mol. The number of aliphatic hydroxyl groups is 1. The molecule has 2 rings (SSSR count). The zero-order chi connectivity index (χ0) is 17.9. The van der Waals surface area contributed by atoms with Crippen LogP contribution in [0, 0.1) is 23.0 Å². The Bertz CT molecular complexity index is 856. The van der Waals surface area contributed by atoms with Crippen molar-refractivity contribution in [2.24, 2.45) is 0 Å². The van der Waals surface area contributed by atoms with E-state index in [9.17, 15) is 23.9 Å². The molecular formula is C17H17F2N3O2. The zero-order valence-electron chi connectivity index (χ0n) is 13.4. The molecule has 0 radical (unpaired) electrons. The van der Waals surface area contributed by atoms with E-state index in [1.165, 1.54) is 6.07 Å². The molecule has 1 N–H and O–H groups in total. The van der Waals surface area contributed by atoms with Crippen molar-refractivity contribution >= 4 is 0 Å². The van der Waals surface area contributed by atoms with Crippen molar-refractivity contribution in [3.8, 4) is 6.07 Å². The third-order valence-corrected chi connectivity index (χ3v) is 3.81. The largest absolute Gasteiger partial charge is 0.386 e. The lowest BCUT2D eigenvalue weighted by atomic mass is 10.0. The maximum atomic E-state index is 13.3. The molecule has 0 amide bonds. The van der Waals surface area contributed by atoms with Gasteiger partial charge < -0.3 is 5.11 Å². The summed E-state index contributed by atoms with van der Waals surface area (Å²) >= 11 is 0. The number of rotatable bonds is 5. The number of halogens is 2. The average molecular weight is 333 g/mol. The summed E-state index contributed by atoms with van der Waals surface area (Å²) in [6.07, 6.45) is -0.227. The first-order valence-electron chi connectivity index (χ1n) is 7.58. The van der Waals surface area contributed by atoms with E-state index in [4.69, 9.17) is 0 Å². The summed E-state index contributed by atoms with van der Waals surface area (Å²) in [5.41, 5.74) is 0.725. The van der Waals surface area contributed by atoms with Crippen molar-refractivity contribution in [2.45, 2.75) is 39.3 Å². The molecule has 0 aliphatic carbocycles. The molecular weight excluding hydrogens is 316 g/mol. The van der Waals surface area contributed by atoms with Gasteiger partial charge in [0.25, 0.3) is 5.56 Å². The Morgan fingerprint density at radius 2 is 2.00 bits per heavy atom. The van der Waals surface area contributed by atoms with Gasteiger partial charge >= 0.3 is 0 Å². The topological polar surface area (TPSA) is 78.9 Å². The fraction of sp³-hybridized carbons (Fsp3) is 0.353. The quantitative estimate of drug-likeness (QED) is 0.910. The molecule has 0 saturated carbocycles. The summed E-state index contributed by atoms with van der Waals surface area (Å²) in [5.74, 6) is -2.10. The van der Waals surface area contributed by atoms with Gasteiger partial charge in [0.2, 0.25) is 0 Å². The minimum absolute atomic E-state index is 0.00170. The molecule has 1 heterocycles. The number of aryl methyl sites for hydroxylation is 1. The molecule has 0 aliphatic rings. The second kappa shape index (κ2) is 7.32. The fourth-order valence-corrected chi connectivity index (χ4v) is 2.55. The first-order valence-corrected chi connectivity index (χ1v) is 7.58. The maximum Gasteiger partial charge on any atom is 0.285 e. The molecule has 126 valence electrons. The van der Waals surface area contributed by atoms with E-state index in [1.807, 2.05) is 19.9 Å². The lowest BCUT2D eigenvalue weighted by Gasteiger charge is -2.15. The Labute approximate surface area is 137 Å². The van der Waals surface area contributed by atoms with E-state index in [0.717, 1.165) is 16.8 Å². The Morgan fingerprint density at radius 3 is 2.54 bits per heavy atom. The highest BCUT2D eigenvalue weighted by Crippen LogP contribution is 2.18. The number of hydrogen-bond acceptors (Lipinski definition) is 4. The number of benzene rings is 1. The van der Waals surface area contributed by atoms with Crippen molar-refractivity contribution in [3.05, 3.63) is 62.6 Å². The van der Waals surface area contributed by atoms with Gasteiger partial charge in [-0.2, -0.15) is 10.4 Å². The predicted octanol–water partition coefficient (Wildman–Crippen LogP) is 2.25. The van der Waals surface area contributed by atoms with Crippen LogP contribution >= 0.6 is 0 Å². The summed E-state index contributed by atoms with van der Waals surface area (Å²) < 4.78 is 27.3. The summed E-state index contributed by atoms with van der Waals surface area (Å²) in [6, 6.07) is 4.91. The molecule has 5 nitrogen and oxygen atoms in total. The molecule has 2 aromatic rings. The molecule has 1 aromatic carbocycles. The minimum atomic E-state index is -1.26. The van der Waals surface area contributed by atoms with Crippen LogP contribution in [-0.2, 0) is 19.4 Å². The van der Waals surface area contributed by atoms with Gasteiger partial charge in [-0.05, 0) is 36.1 Å². The maximum absolute atomic E-state index is 13.3. The van der Waals surface area contributed by atoms with Crippen molar-refractivity contribution in [1.82, 2.24) is 9.78 Å². The second-order valence-electron chi connectivity index (χ2n) is 5.30. The molecule has 7 heteroatoms. The van der Waals surface area contributed by atoms with Crippen LogP contribution in [0.3, 0.4) is 0 Å². The van der Waals surface area contributed by atoms with Gasteiger partial charge in [0.15, 0.2) is 11.6 Å². The third-order valence-electron chi connectivity index (χ3n) is 3.81. The highest BCUT2D eigenvalue weighted by molar-refractivity contribution is 5.38. The van der Waals surface area contributed by atoms with Crippen LogP contribution in [0.25, 0.3) is 0 Å². The lowest BCUT2D eigenvalue weighted by molar-refractivity contribution is 0.148. The van der Waals surface area contributed by atoms with Gasteiger partial charge in [0, 0.05) is 0 Å². The second-order valence-corrected chi connectivity index (χ2v) is 5.30. The van der Waals surface area contributed by atoms with Crippen LogP contribution < -0.4 is 5.56 Å². The predicted molar refractivity (Wildman–Crippen MR) is 83.3 cm³/mol. The molecule has 0 spiro atoms. The summed E-state index contributed by atoms with van der Waals surface area (Å²) in [4.78, 5) is 12.4.